The van der Waals surface area contributed by atoms with Crippen LogP contribution in [-0.2, 0) is 11.2 Å². The number of aromatic nitrogens is 2. The van der Waals surface area contributed by atoms with Crippen molar-refractivity contribution in [2.45, 2.75) is 44.2 Å². The van der Waals surface area contributed by atoms with Gasteiger partial charge in [0.15, 0.2) is 0 Å². The van der Waals surface area contributed by atoms with Crippen molar-refractivity contribution >= 4 is 11.8 Å². The Balaban J connectivity index is 1.46. The molecule has 3 aliphatic heterocycles. The van der Waals surface area contributed by atoms with E-state index in [0.717, 1.165) is 25.7 Å². The molecule has 4 atom stereocenters. The summed E-state index contributed by atoms with van der Waals surface area (Å²) in [5.74, 6) is 0.472. The summed E-state index contributed by atoms with van der Waals surface area (Å²) in [6.45, 7) is 1.16. The standard InChI is InChI=1S/C23H26N4O3/c28-21-8-4-7-19-16-10-17(20(27(19)21)9-15-5-2-1-3-6-15)13-26(12-16)23(30)18-11-24-14-25-22(18)29/h1-3,5-6,11,14,16-17,19-20H,4,7-10,12-13H2,(H,24,25,29)/t16-,17+,19+,20+/m1/s1. The molecule has 2 aromatic rings. The van der Waals surface area contributed by atoms with E-state index in [-0.39, 0.29) is 41.3 Å². The number of likely N-dealkylation sites (tertiary alicyclic amines) is 1. The Bertz CT molecular complexity index is 1000. The lowest BCUT2D eigenvalue weighted by molar-refractivity contribution is -0.151. The second kappa shape index (κ2) is 7.70. The van der Waals surface area contributed by atoms with E-state index in [2.05, 4.69) is 27.0 Å². The molecule has 4 heterocycles. The molecule has 156 valence electrons. The van der Waals surface area contributed by atoms with Crippen LogP contribution in [0.25, 0.3) is 0 Å². The first-order valence-corrected chi connectivity index (χ1v) is 10.8. The van der Waals surface area contributed by atoms with Crippen LogP contribution in [0.4, 0.5) is 0 Å². The van der Waals surface area contributed by atoms with E-state index in [0.29, 0.717) is 19.5 Å². The highest BCUT2D eigenvalue weighted by atomic mass is 16.2. The highest BCUT2D eigenvalue weighted by molar-refractivity contribution is 5.93. The van der Waals surface area contributed by atoms with Crippen LogP contribution in [0, 0.1) is 11.8 Å². The fourth-order valence-corrected chi connectivity index (χ4v) is 5.73. The molecular weight excluding hydrogens is 380 g/mol. The molecule has 7 nitrogen and oxygen atoms in total. The molecule has 1 aromatic carbocycles. The van der Waals surface area contributed by atoms with Gasteiger partial charge in [-0.15, -0.1) is 0 Å². The van der Waals surface area contributed by atoms with Gasteiger partial charge in [-0.2, -0.15) is 0 Å². The van der Waals surface area contributed by atoms with E-state index in [1.54, 1.807) is 0 Å². The molecule has 0 unspecified atom stereocenters. The number of fused-ring (bicyclic) bond motifs is 4. The molecule has 0 spiro atoms. The number of hydrogen-bond acceptors (Lipinski definition) is 4. The quantitative estimate of drug-likeness (QED) is 0.843. The fourth-order valence-electron chi connectivity index (χ4n) is 5.73. The summed E-state index contributed by atoms with van der Waals surface area (Å²) in [7, 11) is 0. The Labute approximate surface area is 175 Å². The van der Waals surface area contributed by atoms with Crippen LogP contribution in [0.2, 0.25) is 0 Å². The monoisotopic (exact) mass is 406 g/mol. The van der Waals surface area contributed by atoms with Crippen LogP contribution in [0.5, 0.6) is 0 Å². The Kier molecular flexibility index (Phi) is 4.89. The predicted molar refractivity (Wildman–Crippen MR) is 111 cm³/mol. The van der Waals surface area contributed by atoms with Crippen molar-refractivity contribution in [3.8, 4) is 0 Å². The number of nitrogens with one attached hydrogen (secondary N) is 1. The summed E-state index contributed by atoms with van der Waals surface area (Å²) in [4.78, 5) is 48.6. The van der Waals surface area contributed by atoms with Gasteiger partial charge in [-0.1, -0.05) is 30.3 Å². The van der Waals surface area contributed by atoms with Crippen LogP contribution >= 0.6 is 0 Å². The summed E-state index contributed by atoms with van der Waals surface area (Å²) >= 11 is 0. The van der Waals surface area contributed by atoms with E-state index in [4.69, 9.17) is 0 Å². The summed E-state index contributed by atoms with van der Waals surface area (Å²) in [6.07, 6.45) is 7.00. The van der Waals surface area contributed by atoms with E-state index in [9.17, 15) is 14.4 Å². The molecule has 2 amide bonds. The second-order valence-corrected chi connectivity index (χ2v) is 8.78. The highest BCUT2D eigenvalue weighted by Gasteiger charge is 2.50. The maximum Gasteiger partial charge on any atom is 0.263 e. The second-order valence-electron chi connectivity index (χ2n) is 8.78. The predicted octanol–water partition coefficient (Wildman–Crippen LogP) is 1.85. The smallest absolute Gasteiger partial charge is 0.263 e. The van der Waals surface area contributed by atoms with Crippen molar-refractivity contribution in [3.63, 3.8) is 0 Å². The molecule has 1 N–H and O–H groups in total. The molecule has 30 heavy (non-hydrogen) atoms. The van der Waals surface area contributed by atoms with Gasteiger partial charge in [0.05, 0.1) is 6.33 Å². The summed E-state index contributed by atoms with van der Waals surface area (Å²) in [6, 6.07) is 10.5. The van der Waals surface area contributed by atoms with Crippen molar-refractivity contribution in [1.29, 1.82) is 0 Å². The van der Waals surface area contributed by atoms with Crippen molar-refractivity contribution in [1.82, 2.24) is 19.8 Å². The lowest BCUT2D eigenvalue weighted by atomic mass is 9.70. The molecule has 3 saturated heterocycles. The average Bonchev–Trinajstić information content (AvgIpc) is 2.77. The summed E-state index contributed by atoms with van der Waals surface area (Å²) in [5, 5.41) is 0. The molecule has 1 aromatic heterocycles. The molecule has 0 aliphatic carbocycles. The van der Waals surface area contributed by atoms with Gasteiger partial charge in [0, 0.05) is 37.8 Å². The molecule has 0 saturated carbocycles. The van der Waals surface area contributed by atoms with Gasteiger partial charge in [-0.05, 0) is 43.1 Å². The minimum absolute atomic E-state index is 0.0873. The Morgan fingerprint density at radius 2 is 1.93 bits per heavy atom. The summed E-state index contributed by atoms with van der Waals surface area (Å²) in [5.41, 5.74) is 0.903. The first-order chi connectivity index (χ1) is 14.6. The maximum absolute atomic E-state index is 13.1. The first kappa shape index (κ1) is 19.0. The number of carbonyl (C=O) groups is 2. The van der Waals surface area contributed by atoms with Crippen LogP contribution in [-0.4, -0.2) is 56.8 Å². The zero-order chi connectivity index (χ0) is 20.7. The number of aromatic amines is 1. The van der Waals surface area contributed by atoms with Crippen LogP contribution in [0.15, 0.2) is 47.7 Å². The number of amides is 2. The Morgan fingerprint density at radius 3 is 2.73 bits per heavy atom. The van der Waals surface area contributed by atoms with Gasteiger partial charge in [-0.3, -0.25) is 14.4 Å². The Hall–Kier alpha value is -2.96. The third-order valence-electron chi connectivity index (χ3n) is 7.02. The third-order valence-corrected chi connectivity index (χ3v) is 7.02. The van der Waals surface area contributed by atoms with Crippen molar-refractivity contribution in [2.75, 3.05) is 13.1 Å². The molecule has 2 bridgehead atoms. The van der Waals surface area contributed by atoms with Crippen molar-refractivity contribution < 1.29 is 9.59 Å². The Morgan fingerprint density at radius 1 is 1.13 bits per heavy atom. The number of H-pyrrole nitrogens is 1. The van der Waals surface area contributed by atoms with Crippen LogP contribution in [0.3, 0.4) is 0 Å². The summed E-state index contributed by atoms with van der Waals surface area (Å²) < 4.78 is 0. The number of carbonyl (C=O) groups excluding carboxylic acids is 2. The fraction of sp³-hybridized carbons (Fsp3) is 0.478. The number of piperidine rings is 3. The first-order valence-electron chi connectivity index (χ1n) is 10.8. The number of rotatable bonds is 3. The molecular formula is C23H26N4O3. The molecule has 0 radical (unpaired) electrons. The minimum Gasteiger partial charge on any atom is -0.338 e. The van der Waals surface area contributed by atoms with Gasteiger partial charge in [0.2, 0.25) is 5.91 Å². The largest absolute Gasteiger partial charge is 0.338 e. The van der Waals surface area contributed by atoms with Crippen LogP contribution in [0.1, 0.15) is 41.6 Å². The zero-order valence-corrected chi connectivity index (χ0v) is 16.9. The lowest BCUT2D eigenvalue weighted by Crippen LogP contribution is -2.66. The average molecular weight is 406 g/mol. The number of hydrogen-bond donors (Lipinski definition) is 1. The highest BCUT2D eigenvalue weighted by Crippen LogP contribution is 2.42. The van der Waals surface area contributed by atoms with Crippen molar-refractivity contribution in [2.24, 2.45) is 11.8 Å². The van der Waals surface area contributed by atoms with E-state index in [1.165, 1.54) is 18.1 Å². The van der Waals surface area contributed by atoms with Crippen molar-refractivity contribution in [3.05, 3.63) is 64.3 Å². The molecule has 7 heteroatoms. The normalized spacial score (nSPS) is 28.2. The SMILES string of the molecule is O=C(c1cnc[nH]c1=O)N1C[C@H]2C[C@@H](C1)[C@H](Cc1ccccc1)N1C(=O)CCC[C@@H]21. The maximum atomic E-state index is 13.1. The van der Waals surface area contributed by atoms with E-state index in [1.807, 2.05) is 23.1 Å². The third kappa shape index (κ3) is 3.32. The topological polar surface area (TPSA) is 86.4 Å². The van der Waals surface area contributed by atoms with E-state index < -0.39 is 5.56 Å². The minimum atomic E-state index is -0.402. The zero-order valence-electron chi connectivity index (χ0n) is 16.9. The van der Waals surface area contributed by atoms with Gasteiger partial charge in [0.1, 0.15) is 5.56 Å². The van der Waals surface area contributed by atoms with Gasteiger partial charge in [0.25, 0.3) is 11.5 Å². The lowest BCUT2D eigenvalue weighted by Gasteiger charge is -2.56. The molecule has 3 aliphatic rings. The molecule has 5 rings (SSSR count). The number of benzene rings is 1. The molecule has 3 fully saturated rings. The van der Waals surface area contributed by atoms with Gasteiger partial charge in [-0.25, -0.2) is 4.98 Å². The number of nitrogens with zero attached hydrogens (tertiary/aromatic N) is 3. The van der Waals surface area contributed by atoms with E-state index >= 15 is 0 Å². The van der Waals surface area contributed by atoms with Crippen LogP contribution < -0.4 is 5.56 Å². The van der Waals surface area contributed by atoms with Gasteiger partial charge < -0.3 is 14.8 Å². The van der Waals surface area contributed by atoms with Gasteiger partial charge >= 0.3 is 0 Å².